The van der Waals surface area contributed by atoms with E-state index in [0.29, 0.717) is 11.3 Å². The predicted octanol–water partition coefficient (Wildman–Crippen LogP) is 2.72. The summed E-state index contributed by atoms with van der Waals surface area (Å²) in [7, 11) is 0. The molecule has 0 unspecified atom stereocenters. The van der Waals surface area contributed by atoms with Crippen molar-refractivity contribution in [3.05, 3.63) is 59.7 Å². The molecule has 6 nitrogen and oxygen atoms in total. The highest BCUT2D eigenvalue weighted by molar-refractivity contribution is 5.86. The van der Waals surface area contributed by atoms with E-state index >= 15 is 0 Å². The lowest BCUT2D eigenvalue weighted by molar-refractivity contribution is 1.18. The molecule has 114 valence electrons. The molecule has 4 N–H and O–H groups in total. The van der Waals surface area contributed by atoms with Gasteiger partial charge in [0.1, 0.15) is 17.5 Å². The molecule has 0 aliphatic carbocycles. The highest BCUT2D eigenvalue weighted by atomic mass is 15.0. The van der Waals surface area contributed by atoms with Gasteiger partial charge in [0.2, 0.25) is 5.95 Å². The lowest BCUT2D eigenvalue weighted by Gasteiger charge is -2.12. The smallest absolute Gasteiger partial charge is 0.222 e. The van der Waals surface area contributed by atoms with Crippen LogP contribution in [0.4, 0.5) is 11.8 Å². The molecule has 0 saturated carbocycles. The maximum atomic E-state index is 9.39. The SMILES string of the molecule is N#Cc1ccc(-c2ccccc2-c2nc(N)nc(N)c2C#N)cc1. The Morgan fingerprint density at radius 2 is 1.46 bits per heavy atom. The largest absolute Gasteiger partial charge is 0.382 e. The monoisotopic (exact) mass is 312 g/mol. The van der Waals surface area contributed by atoms with Gasteiger partial charge in [0.25, 0.3) is 0 Å². The quantitative estimate of drug-likeness (QED) is 0.749. The summed E-state index contributed by atoms with van der Waals surface area (Å²) in [6, 6.07) is 18.8. The van der Waals surface area contributed by atoms with Crippen LogP contribution in [0.15, 0.2) is 48.5 Å². The fourth-order valence-corrected chi connectivity index (χ4v) is 2.47. The number of nitrogens with two attached hydrogens (primary N) is 2. The van der Waals surface area contributed by atoms with Crippen LogP contribution in [0.3, 0.4) is 0 Å². The molecular weight excluding hydrogens is 300 g/mol. The van der Waals surface area contributed by atoms with E-state index in [4.69, 9.17) is 16.7 Å². The zero-order chi connectivity index (χ0) is 17.1. The van der Waals surface area contributed by atoms with E-state index in [1.54, 1.807) is 12.1 Å². The van der Waals surface area contributed by atoms with Gasteiger partial charge >= 0.3 is 0 Å². The minimum atomic E-state index is 0.0103. The molecule has 0 radical (unpaired) electrons. The van der Waals surface area contributed by atoms with Gasteiger partial charge in [-0.2, -0.15) is 15.5 Å². The van der Waals surface area contributed by atoms with E-state index in [1.165, 1.54) is 0 Å². The first-order valence-electron chi connectivity index (χ1n) is 7.07. The van der Waals surface area contributed by atoms with Crippen LogP contribution >= 0.6 is 0 Å². The third-order valence-corrected chi connectivity index (χ3v) is 3.57. The molecular formula is C18H12N6. The first-order chi connectivity index (χ1) is 11.6. The predicted molar refractivity (Wildman–Crippen MR) is 91.2 cm³/mol. The molecule has 0 aliphatic heterocycles. The molecule has 3 rings (SSSR count). The van der Waals surface area contributed by atoms with Crippen molar-refractivity contribution >= 4 is 11.8 Å². The van der Waals surface area contributed by atoms with Crippen LogP contribution in [0, 0.1) is 22.7 Å². The van der Waals surface area contributed by atoms with Crippen molar-refractivity contribution in [2.75, 3.05) is 11.5 Å². The summed E-state index contributed by atoms with van der Waals surface area (Å²) in [4.78, 5) is 8.05. The molecule has 3 aromatic rings. The number of benzene rings is 2. The van der Waals surface area contributed by atoms with Crippen molar-refractivity contribution in [1.82, 2.24) is 9.97 Å². The Morgan fingerprint density at radius 3 is 2.08 bits per heavy atom. The van der Waals surface area contributed by atoms with Gasteiger partial charge in [-0.15, -0.1) is 0 Å². The topological polar surface area (TPSA) is 125 Å². The Labute approximate surface area is 138 Å². The number of anilines is 2. The molecule has 0 saturated heterocycles. The Morgan fingerprint density at radius 1 is 0.792 bits per heavy atom. The summed E-state index contributed by atoms with van der Waals surface area (Å²) in [5.41, 5.74) is 15.1. The Kier molecular flexibility index (Phi) is 3.80. The second-order valence-electron chi connectivity index (χ2n) is 5.04. The van der Waals surface area contributed by atoms with E-state index in [1.807, 2.05) is 42.5 Å². The summed E-state index contributed by atoms with van der Waals surface area (Å²) in [6.45, 7) is 0. The molecule has 24 heavy (non-hydrogen) atoms. The zero-order valence-corrected chi connectivity index (χ0v) is 12.6. The average Bonchev–Trinajstić information content (AvgIpc) is 2.61. The molecule has 0 fully saturated rings. The third-order valence-electron chi connectivity index (χ3n) is 3.57. The van der Waals surface area contributed by atoms with Gasteiger partial charge in [-0.25, -0.2) is 4.98 Å². The van der Waals surface area contributed by atoms with Crippen molar-refractivity contribution in [1.29, 1.82) is 10.5 Å². The number of aromatic nitrogens is 2. The van der Waals surface area contributed by atoms with E-state index in [0.717, 1.165) is 16.7 Å². The van der Waals surface area contributed by atoms with Crippen LogP contribution in [0.5, 0.6) is 0 Å². The molecule has 1 aromatic heterocycles. The number of hydrogen-bond acceptors (Lipinski definition) is 6. The molecule has 0 atom stereocenters. The van der Waals surface area contributed by atoms with E-state index in [9.17, 15) is 5.26 Å². The average molecular weight is 312 g/mol. The second-order valence-corrected chi connectivity index (χ2v) is 5.04. The van der Waals surface area contributed by atoms with Gasteiger partial charge in [-0.1, -0.05) is 36.4 Å². The lowest BCUT2D eigenvalue weighted by Crippen LogP contribution is -2.05. The number of nitrogens with zero attached hydrogens (tertiary/aromatic N) is 4. The maximum absolute atomic E-state index is 9.39. The fourth-order valence-electron chi connectivity index (χ4n) is 2.47. The number of nitriles is 2. The Balaban J connectivity index is 2.25. The molecule has 0 amide bonds. The van der Waals surface area contributed by atoms with Gasteiger partial charge in [0.15, 0.2) is 0 Å². The lowest BCUT2D eigenvalue weighted by atomic mass is 9.95. The van der Waals surface area contributed by atoms with Crippen LogP contribution in [0.1, 0.15) is 11.1 Å². The van der Waals surface area contributed by atoms with Crippen LogP contribution in [0.2, 0.25) is 0 Å². The summed E-state index contributed by atoms with van der Waals surface area (Å²) in [5.74, 6) is 0.0609. The number of hydrogen-bond donors (Lipinski definition) is 2. The van der Waals surface area contributed by atoms with Gasteiger partial charge in [0, 0.05) is 5.56 Å². The van der Waals surface area contributed by atoms with Crippen molar-refractivity contribution in [3.63, 3.8) is 0 Å². The molecule has 2 aromatic carbocycles. The molecule has 0 spiro atoms. The van der Waals surface area contributed by atoms with Crippen molar-refractivity contribution < 1.29 is 0 Å². The minimum Gasteiger partial charge on any atom is -0.382 e. The zero-order valence-electron chi connectivity index (χ0n) is 12.6. The van der Waals surface area contributed by atoms with Crippen molar-refractivity contribution in [2.45, 2.75) is 0 Å². The summed E-state index contributed by atoms with van der Waals surface area (Å²) >= 11 is 0. The number of rotatable bonds is 2. The van der Waals surface area contributed by atoms with Crippen molar-refractivity contribution in [2.24, 2.45) is 0 Å². The summed E-state index contributed by atoms with van der Waals surface area (Å²) in [5, 5.41) is 18.3. The summed E-state index contributed by atoms with van der Waals surface area (Å²) in [6.07, 6.45) is 0. The molecule has 0 bridgehead atoms. The van der Waals surface area contributed by atoms with Crippen LogP contribution in [0.25, 0.3) is 22.4 Å². The minimum absolute atomic E-state index is 0.0103. The molecule has 0 aliphatic rings. The van der Waals surface area contributed by atoms with Gasteiger partial charge < -0.3 is 11.5 Å². The van der Waals surface area contributed by atoms with Gasteiger partial charge in [-0.05, 0) is 23.3 Å². The van der Waals surface area contributed by atoms with Crippen LogP contribution < -0.4 is 11.5 Å². The summed E-state index contributed by atoms with van der Waals surface area (Å²) < 4.78 is 0. The number of nitrogen functional groups attached to an aromatic ring is 2. The van der Waals surface area contributed by atoms with Crippen molar-refractivity contribution in [3.8, 4) is 34.5 Å². The Hall–Kier alpha value is -3.90. The Bertz CT molecular complexity index is 993. The third kappa shape index (κ3) is 2.60. The van der Waals surface area contributed by atoms with E-state index in [-0.39, 0.29) is 17.3 Å². The first kappa shape index (κ1) is 15.0. The highest BCUT2D eigenvalue weighted by Gasteiger charge is 2.16. The van der Waals surface area contributed by atoms with Crippen LogP contribution in [-0.4, -0.2) is 9.97 Å². The fraction of sp³-hybridized carbons (Fsp3) is 0. The van der Waals surface area contributed by atoms with E-state index < -0.39 is 0 Å². The highest BCUT2D eigenvalue weighted by Crippen LogP contribution is 2.34. The van der Waals surface area contributed by atoms with Gasteiger partial charge in [-0.3, -0.25) is 0 Å². The standard InChI is InChI=1S/C18H12N6/c19-9-11-5-7-12(8-6-11)13-3-1-2-4-14(13)16-15(10-20)17(21)24-18(22)23-16/h1-8H,(H4,21,22,23,24). The normalized spacial score (nSPS) is 9.92. The first-order valence-corrected chi connectivity index (χ1v) is 7.07. The van der Waals surface area contributed by atoms with E-state index in [2.05, 4.69) is 16.0 Å². The van der Waals surface area contributed by atoms with Crippen LogP contribution in [-0.2, 0) is 0 Å². The molecule has 1 heterocycles. The second kappa shape index (κ2) is 6.07. The van der Waals surface area contributed by atoms with Gasteiger partial charge in [0.05, 0.1) is 17.3 Å². The molecule has 6 heteroatoms. The maximum Gasteiger partial charge on any atom is 0.222 e.